The van der Waals surface area contributed by atoms with Gasteiger partial charge in [-0.3, -0.25) is 14.4 Å². The third-order valence-corrected chi connectivity index (χ3v) is 9.21. The number of ketones is 2. The average Bonchev–Trinajstić information content (AvgIpc) is 3.65. The Balaban J connectivity index is 1.56. The standard InChI is InChI=1S/C31H21ClN2O3S/c32-21-11-4-2-9-19(21)28(35)27-26(29(36)24-14-7-17-38-24)31(20-10-3-5-12-22(20)33-30(31)37)25-16-15-18-8-1-6-13-23(18)34(25)27/h1-17,25-27H,(H,33,37)/t25-,26-,27+,31+/m1/s1. The van der Waals surface area contributed by atoms with Crippen molar-refractivity contribution in [2.24, 2.45) is 5.92 Å². The van der Waals surface area contributed by atoms with Crippen LogP contribution in [0.3, 0.4) is 0 Å². The highest BCUT2D eigenvalue weighted by atomic mass is 35.5. The molecule has 186 valence electrons. The molecule has 4 heterocycles. The Morgan fingerprint density at radius 2 is 1.66 bits per heavy atom. The highest BCUT2D eigenvalue weighted by Gasteiger charge is 2.70. The number of benzene rings is 3. The zero-order chi connectivity index (χ0) is 26.0. The SMILES string of the molecule is O=C(c1ccccc1Cl)[C@@H]1[C@H](C(=O)c2cccs2)[C@@]2(C(=O)Nc3ccccc32)[C@H]2C=Cc3ccccc3N12. The number of Topliss-reactive ketones (excluding diaryl/α,β-unsaturated/α-hetero) is 2. The van der Waals surface area contributed by atoms with Crippen LogP contribution in [0.25, 0.3) is 6.08 Å². The van der Waals surface area contributed by atoms with E-state index < -0.39 is 23.4 Å². The van der Waals surface area contributed by atoms with Gasteiger partial charge in [-0.15, -0.1) is 11.3 Å². The van der Waals surface area contributed by atoms with Crippen molar-refractivity contribution in [2.75, 3.05) is 10.2 Å². The second-order valence-corrected chi connectivity index (χ2v) is 11.1. The van der Waals surface area contributed by atoms with Crippen LogP contribution in [-0.4, -0.2) is 29.6 Å². The summed E-state index contributed by atoms with van der Waals surface area (Å²) in [5.41, 5.74) is 2.14. The first-order valence-electron chi connectivity index (χ1n) is 12.4. The molecule has 7 heteroatoms. The number of hydrogen-bond donors (Lipinski definition) is 1. The van der Waals surface area contributed by atoms with Gasteiger partial charge in [-0.2, -0.15) is 0 Å². The largest absolute Gasteiger partial charge is 0.352 e. The maximum Gasteiger partial charge on any atom is 0.238 e. The number of rotatable bonds is 4. The van der Waals surface area contributed by atoms with E-state index in [9.17, 15) is 14.4 Å². The minimum atomic E-state index is -1.32. The van der Waals surface area contributed by atoms with E-state index in [-0.39, 0.29) is 17.5 Å². The van der Waals surface area contributed by atoms with Gasteiger partial charge in [0.2, 0.25) is 5.91 Å². The zero-order valence-corrected chi connectivity index (χ0v) is 21.6. The smallest absolute Gasteiger partial charge is 0.238 e. The van der Waals surface area contributed by atoms with E-state index in [2.05, 4.69) is 5.32 Å². The molecule has 3 aliphatic heterocycles. The summed E-state index contributed by atoms with van der Waals surface area (Å²) >= 11 is 7.86. The van der Waals surface area contributed by atoms with Crippen molar-refractivity contribution >= 4 is 57.9 Å². The molecule has 7 rings (SSSR count). The molecule has 1 aromatic heterocycles. The normalized spacial score (nSPS) is 24.6. The fraction of sp³-hybridized carbons (Fsp3) is 0.129. The number of halogens is 1. The topological polar surface area (TPSA) is 66.5 Å². The monoisotopic (exact) mass is 536 g/mol. The van der Waals surface area contributed by atoms with Crippen molar-refractivity contribution in [3.05, 3.63) is 123 Å². The highest BCUT2D eigenvalue weighted by molar-refractivity contribution is 7.12. The molecule has 38 heavy (non-hydrogen) atoms. The van der Waals surface area contributed by atoms with Crippen molar-refractivity contribution in [1.82, 2.24) is 0 Å². The van der Waals surface area contributed by atoms with Gasteiger partial charge < -0.3 is 10.2 Å². The van der Waals surface area contributed by atoms with E-state index in [0.717, 1.165) is 16.8 Å². The fourth-order valence-corrected chi connectivity index (χ4v) is 7.45. The predicted octanol–water partition coefficient (Wildman–Crippen LogP) is 6.26. The van der Waals surface area contributed by atoms with Gasteiger partial charge in [0.25, 0.3) is 0 Å². The van der Waals surface area contributed by atoms with Gasteiger partial charge >= 0.3 is 0 Å². The lowest BCUT2D eigenvalue weighted by Crippen LogP contribution is -2.51. The summed E-state index contributed by atoms with van der Waals surface area (Å²) in [6.45, 7) is 0. The molecule has 4 atom stereocenters. The Hall–Kier alpha value is -4.00. The third-order valence-electron chi connectivity index (χ3n) is 8.00. The Kier molecular flexibility index (Phi) is 5.18. The lowest BCUT2D eigenvalue weighted by Gasteiger charge is -2.37. The van der Waals surface area contributed by atoms with Gasteiger partial charge in [0.15, 0.2) is 11.6 Å². The minimum Gasteiger partial charge on any atom is -0.352 e. The van der Waals surface area contributed by atoms with Crippen LogP contribution in [0, 0.1) is 5.92 Å². The summed E-state index contributed by atoms with van der Waals surface area (Å²) in [7, 11) is 0. The lowest BCUT2D eigenvalue weighted by atomic mass is 9.64. The predicted molar refractivity (Wildman–Crippen MR) is 150 cm³/mol. The number of amides is 1. The number of carbonyl (C=O) groups excluding carboxylic acids is 3. The summed E-state index contributed by atoms with van der Waals surface area (Å²) in [5, 5.41) is 5.19. The van der Waals surface area contributed by atoms with Gasteiger partial charge in [0.05, 0.1) is 21.9 Å². The summed E-state index contributed by atoms with van der Waals surface area (Å²) in [5.74, 6) is -1.77. The maximum atomic E-state index is 14.5. The summed E-state index contributed by atoms with van der Waals surface area (Å²) in [4.78, 5) is 45.8. The number of carbonyl (C=O) groups is 3. The van der Waals surface area contributed by atoms with Crippen molar-refractivity contribution in [3.63, 3.8) is 0 Å². The molecule has 1 N–H and O–H groups in total. The number of nitrogens with zero attached hydrogens (tertiary/aromatic N) is 1. The van der Waals surface area contributed by atoms with E-state index in [1.807, 2.05) is 77.0 Å². The van der Waals surface area contributed by atoms with Crippen LogP contribution in [0.5, 0.6) is 0 Å². The second kappa shape index (κ2) is 8.51. The number of para-hydroxylation sites is 2. The number of fused-ring (bicyclic) bond motifs is 6. The summed E-state index contributed by atoms with van der Waals surface area (Å²) in [6.07, 6.45) is 3.96. The Morgan fingerprint density at radius 1 is 0.895 bits per heavy atom. The Morgan fingerprint density at radius 3 is 2.47 bits per heavy atom. The van der Waals surface area contributed by atoms with E-state index >= 15 is 0 Å². The number of nitrogens with one attached hydrogen (secondary N) is 1. The minimum absolute atomic E-state index is 0.225. The lowest BCUT2D eigenvalue weighted by molar-refractivity contribution is -0.121. The maximum absolute atomic E-state index is 14.5. The first-order valence-corrected chi connectivity index (χ1v) is 13.6. The van der Waals surface area contributed by atoms with Crippen molar-refractivity contribution in [3.8, 4) is 0 Å². The van der Waals surface area contributed by atoms with Crippen LogP contribution in [0.15, 0.2) is 96.4 Å². The van der Waals surface area contributed by atoms with Gasteiger partial charge in [0, 0.05) is 16.9 Å². The van der Waals surface area contributed by atoms with E-state index in [4.69, 9.17) is 11.6 Å². The highest BCUT2D eigenvalue weighted by Crippen LogP contribution is 2.58. The molecule has 0 bridgehead atoms. The van der Waals surface area contributed by atoms with Gasteiger partial charge in [0.1, 0.15) is 11.5 Å². The van der Waals surface area contributed by atoms with Crippen LogP contribution >= 0.6 is 22.9 Å². The van der Waals surface area contributed by atoms with Crippen molar-refractivity contribution in [2.45, 2.75) is 17.5 Å². The molecule has 5 nitrogen and oxygen atoms in total. The molecular weight excluding hydrogens is 516 g/mol. The molecule has 3 aliphatic rings. The van der Waals surface area contributed by atoms with Gasteiger partial charge in [-0.05, 0) is 46.8 Å². The van der Waals surface area contributed by atoms with Crippen LogP contribution in [0.2, 0.25) is 5.02 Å². The van der Waals surface area contributed by atoms with Crippen LogP contribution in [-0.2, 0) is 10.2 Å². The molecule has 1 saturated heterocycles. The van der Waals surface area contributed by atoms with Gasteiger partial charge in [-0.25, -0.2) is 0 Å². The van der Waals surface area contributed by atoms with Crippen LogP contribution in [0.4, 0.5) is 11.4 Å². The first kappa shape index (κ1) is 23.1. The Labute approximate surface area is 228 Å². The molecule has 1 spiro atoms. The molecule has 0 saturated carbocycles. The average molecular weight is 537 g/mol. The number of thiophene rings is 1. The molecule has 0 unspecified atom stereocenters. The molecular formula is C31H21ClN2O3S. The molecule has 3 aromatic carbocycles. The molecule has 4 aromatic rings. The van der Waals surface area contributed by atoms with E-state index in [1.54, 1.807) is 30.3 Å². The zero-order valence-electron chi connectivity index (χ0n) is 20.0. The van der Waals surface area contributed by atoms with Crippen LogP contribution < -0.4 is 10.2 Å². The summed E-state index contributed by atoms with van der Waals surface area (Å²) in [6, 6.07) is 24.2. The quantitative estimate of drug-likeness (QED) is 0.313. The Bertz CT molecular complexity index is 1660. The van der Waals surface area contributed by atoms with Crippen LogP contribution in [0.1, 0.15) is 31.2 Å². The fourth-order valence-electron chi connectivity index (χ4n) is 6.51. The third kappa shape index (κ3) is 3.01. The molecule has 1 fully saturated rings. The van der Waals surface area contributed by atoms with Crippen molar-refractivity contribution in [1.29, 1.82) is 0 Å². The number of anilines is 2. The van der Waals surface area contributed by atoms with Crippen molar-refractivity contribution < 1.29 is 14.4 Å². The molecule has 0 radical (unpaired) electrons. The van der Waals surface area contributed by atoms with E-state index in [0.29, 0.717) is 21.2 Å². The van der Waals surface area contributed by atoms with Gasteiger partial charge in [-0.1, -0.05) is 78.4 Å². The molecule has 0 aliphatic carbocycles. The number of hydrogen-bond acceptors (Lipinski definition) is 5. The summed E-state index contributed by atoms with van der Waals surface area (Å²) < 4.78 is 0. The second-order valence-electron chi connectivity index (χ2n) is 9.75. The molecule has 1 amide bonds. The van der Waals surface area contributed by atoms with E-state index in [1.165, 1.54) is 11.3 Å². The first-order chi connectivity index (χ1) is 18.5.